The molecule has 3 aromatic rings. The quantitative estimate of drug-likeness (QED) is 0.543. The van der Waals surface area contributed by atoms with E-state index in [0.717, 1.165) is 20.1 Å². The third-order valence-corrected chi connectivity index (χ3v) is 4.94. The molecule has 0 bridgehead atoms. The molecule has 7 heteroatoms. The smallest absolute Gasteiger partial charge is 0.331 e. The predicted octanol–water partition coefficient (Wildman–Crippen LogP) is 3.23. The van der Waals surface area contributed by atoms with E-state index in [9.17, 15) is 9.59 Å². The summed E-state index contributed by atoms with van der Waals surface area (Å²) in [7, 11) is 0. The van der Waals surface area contributed by atoms with E-state index in [-0.39, 0.29) is 12.5 Å². The number of ether oxygens (including phenoxy) is 1. The Morgan fingerprint density at radius 1 is 1.21 bits per heavy atom. The topological polar surface area (TPSA) is 68.3 Å². The maximum atomic E-state index is 11.7. The summed E-state index contributed by atoms with van der Waals surface area (Å²) in [6.07, 6.45) is 2.88. The highest BCUT2D eigenvalue weighted by molar-refractivity contribution is 7.19. The Bertz CT molecular complexity index is 836. The molecule has 2 aromatic heterocycles. The summed E-state index contributed by atoms with van der Waals surface area (Å²) in [6, 6.07) is 11.6. The van der Waals surface area contributed by atoms with E-state index >= 15 is 0 Å². The van der Waals surface area contributed by atoms with Crippen LogP contribution in [-0.2, 0) is 20.9 Å². The molecule has 0 unspecified atom stereocenters. The number of nitrogens with one attached hydrogen (secondary N) is 1. The summed E-state index contributed by atoms with van der Waals surface area (Å²) in [5.41, 5.74) is 0.892. The zero-order valence-electron chi connectivity index (χ0n) is 12.6. The normalized spacial score (nSPS) is 11.0. The highest BCUT2D eigenvalue weighted by Gasteiger charge is 2.06. The molecule has 1 aromatic carbocycles. The molecule has 0 saturated carbocycles. The Labute approximate surface area is 146 Å². The minimum absolute atomic E-state index is 0.297. The Kier molecular flexibility index (Phi) is 5.35. The minimum Gasteiger partial charge on any atom is -0.452 e. The van der Waals surface area contributed by atoms with Crippen molar-refractivity contribution in [3.8, 4) is 0 Å². The number of esters is 1. The monoisotopic (exact) mass is 358 g/mol. The van der Waals surface area contributed by atoms with Crippen molar-refractivity contribution in [1.82, 2.24) is 10.3 Å². The fraction of sp³-hybridized carbons (Fsp3) is 0.118. The van der Waals surface area contributed by atoms with Crippen molar-refractivity contribution in [3.63, 3.8) is 0 Å². The summed E-state index contributed by atoms with van der Waals surface area (Å²) >= 11 is 3.04. The van der Waals surface area contributed by atoms with Crippen LogP contribution in [0.4, 0.5) is 0 Å². The number of amides is 1. The molecular formula is C17H14N2O3S2. The number of hydrogen-bond acceptors (Lipinski definition) is 6. The van der Waals surface area contributed by atoms with Crippen LogP contribution < -0.4 is 5.32 Å². The number of carbonyl (C=O) groups is 2. The number of hydrogen-bond donors (Lipinski definition) is 1. The average molecular weight is 358 g/mol. The van der Waals surface area contributed by atoms with Crippen LogP contribution in [0.5, 0.6) is 0 Å². The van der Waals surface area contributed by atoms with E-state index in [0.29, 0.717) is 6.54 Å². The molecule has 0 fully saturated rings. The van der Waals surface area contributed by atoms with Crippen LogP contribution in [0.2, 0.25) is 0 Å². The average Bonchev–Trinajstić information content (AvgIpc) is 3.25. The lowest BCUT2D eigenvalue weighted by molar-refractivity contribution is -0.143. The van der Waals surface area contributed by atoms with Gasteiger partial charge in [0.05, 0.1) is 16.8 Å². The molecule has 24 heavy (non-hydrogen) atoms. The molecule has 0 radical (unpaired) electrons. The molecule has 0 spiro atoms. The molecule has 1 N–H and O–H groups in total. The molecule has 122 valence electrons. The van der Waals surface area contributed by atoms with Gasteiger partial charge in [0.2, 0.25) is 0 Å². The van der Waals surface area contributed by atoms with Crippen LogP contribution in [0.15, 0.2) is 47.9 Å². The first-order valence-electron chi connectivity index (χ1n) is 7.20. The number of thiazole rings is 1. The molecule has 2 heterocycles. The van der Waals surface area contributed by atoms with Gasteiger partial charge in [0, 0.05) is 11.0 Å². The third kappa shape index (κ3) is 4.50. The summed E-state index contributed by atoms with van der Waals surface area (Å²) in [6.45, 7) is 0.143. The van der Waals surface area contributed by atoms with Gasteiger partial charge < -0.3 is 10.1 Å². The zero-order valence-corrected chi connectivity index (χ0v) is 14.2. The number of benzene rings is 1. The van der Waals surface area contributed by atoms with Gasteiger partial charge in [-0.1, -0.05) is 18.2 Å². The van der Waals surface area contributed by atoms with Gasteiger partial charge in [0.1, 0.15) is 5.01 Å². The Hall–Kier alpha value is -2.51. The molecule has 0 atom stereocenters. The van der Waals surface area contributed by atoms with E-state index in [2.05, 4.69) is 10.3 Å². The molecule has 5 nitrogen and oxygen atoms in total. The van der Waals surface area contributed by atoms with Crippen molar-refractivity contribution < 1.29 is 14.3 Å². The molecular weight excluding hydrogens is 344 g/mol. The van der Waals surface area contributed by atoms with Gasteiger partial charge in [-0.25, -0.2) is 9.78 Å². The van der Waals surface area contributed by atoms with Crippen molar-refractivity contribution in [2.24, 2.45) is 0 Å². The number of para-hydroxylation sites is 1. The second-order valence-corrected chi connectivity index (χ2v) is 6.91. The number of aromatic nitrogens is 1. The SMILES string of the molecule is O=C(COC(=O)/C=C/c1nc2ccccc2s1)NCc1cccs1. The van der Waals surface area contributed by atoms with Gasteiger partial charge in [-0.3, -0.25) is 4.79 Å². The lowest BCUT2D eigenvalue weighted by atomic mass is 10.3. The second-order valence-electron chi connectivity index (χ2n) is 4.82. The molecule has 0 aliphatic rings. The van der Waals surface area contributed by atoms with Crippen LogP contribution in [0, 0.1) is 0 Å². The van der Waals surface area contributed by atoms with Crippen molar-refractivity contribution in [2.45, 2.75) is 6.54 Å². The summed E-state index contributed by atoms with van der Waals surface area (Å²) in [4.78, 5) is 28.7. The van der Waals surface area contributed by atoms with Crippen LogP contribution in [0.3, 0.4) is 0 Å². The van der Waals surface area contributed by atoms with E-state index in [4.69, 9.17) is 4.74 Å². The first-order valence-corrected chi connectivity index (χ1v) is 8.90. The third-order valence-electron chi connectivity index (χ3n) is 3.06. The first-order chi connectivity index (χ1) is 11.7. The maximum absolute atomic E-state index is 11.7. The number of nitrogens with zero attached hydrogens (tertiary/aromatic N) is 1. The summed E-state index contributed by atoms with van der Waals surface area (Å²) in [5.74, 6) is -0.898. The molecule has 0 aliphatic heterocycles. The van der Waals surface area contributed by atoms with Crippen molar-refractivity contribution in [3.05, 3.63) is 57.7 Å². The lowest BCUT2D eigenvalue weighted by Crippen LogP contribution is -2.27. The van der Waals surface area contributed by atoms with Gasteiger partial charge in [-0.15, -0.1) is 22.7 Å². The highest BCUT2D eigenvalue weighted by Crippen LogP contribution is 2.22. The number of rotatable bonds is 6. The van der Waals surface area contributed by atoms with E-state index < -0.39 is 5.97 Å². The number of thiophene rings is 1. The fourth-order valence-electron chi connectivity index (χ4n) is 1.94. The molecule has 0 saturated heterocycles. The number of fused-ring (bicyclic) bond motifs is 1. The second kappa shape index (κ2) is 7.85. The Morgan fingerprint density at radius 2 is 2.08 bits per heavy atom. The standard InChI is InChI=1S/C17H14N2O3S2/c20-15(18-10-12-4-3-9-23-12)11-22-17(21)8-7-16-19-13-5-1-2-6-14(13)24-16/h1-9H,10-11H2,(H,18,20)/b8-7+. The predicted molar refractivity (Wildman–Crippen MR) is 95.8 cm³/mol. The van der Waals surface area contributed by atoms with Gasteiger partial charge in [-0.2, -0.15) is 0 Å². The Balaban J connectivity index is 1.45. The maximum Gasteiger partial charge on any atom is 0.331 e. The lowest BCUT2D eigenvalue weighted by Gasteiger charge is -2.03. The molecule has 1 amide bonds. The van der Waals surface area contributed by atoms with Crippen molar-refractivity contribution in [1.29, 1.82) is 0 Å². The van der Waals surface area contributed by atoms with Crippen LogP contribution in [0.1, 0.15) is 9.88 Å². The fourth-order valence-corrected chi connectivity index (χ4v) is 3.45. The Morgan fingerprint density at radius 3 is 2.88 bits per heavy atom. The number of carbonyl (C=O) groups excluding carboxylic acids is 2. The molecule has 3 rings (SSSR count). The summed E-state index contributed by atoms with van der Waals surface area (Å²) in [5, 5.41) is 5.35. The van der Waals surface area contributed by atoms with Crippen LogP contribution in [-0.4, -0.2) is 23.5 Å². The largest absolute Gasteiger partial charge is 0.452 e. The minimum atomic E-state index is -0.569. The van der Waals surface area contributed by atoms with Gasteiger partial charge in [-0.05, 0) is 29.7 Å². The van der Waals surface area contributed by atoms with E-state index in [1.54, 1.807) is 17.4 Å². The van der Waals surface area contributed by atoms with E-state index in [1.807, 2.05) is 41.8 Å². The van der Waals surface area contributed by atoms with Crippen molar-refractivity contribution >= 4 is 50.8 Å². The van der Waals surface area contributed by atoms with Crippen LogP contribution in [0.25, 0.3) is 16.3 Å². The van der Waals surface area contributed by atoms with Gasteiger partial charge in [0.25, 0.3) is 5.91 Å². The molecule has 0 aliphatic carbocycles. The van der Waals surface area contributed by atoms with Crippen molar-refractivity contribution in [2.75, 3.05) is 6.61 Å². The van der Waals surface area contributed by atoms with E-state index in [1.165, 1.54) is 17.4 Å². The first kappa shape index (κ1) is 16.4. The highest BCUT2D eigenvalue weighted by atomic mass is 32.1. The van der Waals surface area contributed by atoms with Crippen LogP contribution >= 0.6 is 22.7 Å². The zero-order chi connectivity index (χ0) is 16.8. The van der Waals surface area contributed by atoms with Gasteiger partial charge in [0.15, 0.2) is 6.61 Å². The van der Waals surface area contributed by atoms with Gasteiger partial charge >= 0.3 is 5.97 Å². The summed E-state index contributed by atoms with van der Waals surface area (Å²) < 4.78 is 5.97.